The van der Waals surface area contributed by atoms with Crippen LogP contribution in [0.5, 0.6) is 0 Å². The van der Waals surface area contributed by atoms with Crippen LogP contribution < -0.4 is 5.32 Å². The summed E-state index contributed by atoms with van der Waals surface area (Å²) >= 11 is 0. The van der Waals surface area contributed by atoms with Crippen molar-refractivity contribution in [3.63, 3.8) is 0 Å². The van der Waals surface area contributed by atoms with E-state index < -0.39 is 0 Å². The standard InChI is InChI=1S/C17H34N2O4/c1-3-18-7-11-22-13-15-23-14-12-21-10-6-17(20)19-8-4-16(2)5-9-19/h16,18H,3-15H2,1-2H3. The Hall–Kier alpha value is -0.690. The molecular formula is C17H34N2O4. The largest absolute Gasteiger partial charge is 0.379 e. The normalized spacial score (nSPS) is 16.0. The maximum atomic E-state index is 12.0. The molecule has 1 fully saturated rings. The third kappa shape index (κ3) is 10.7. The van der Waals surface area contributed by atoms with Crippen LogP contribution >= 0.6 is 0 Å². The number of nitrogens with one attached hydrogen (secondary N) is 1. The minimum absolute atomic E-state index is 0.215. The van der Waals surface area contributed by atoms with E-state index in [0.29, 0.717) is 46.1 Å². The molecule has 1 aliphatic heterocycles. The molecule has 23 heavy (non-hydrogen) atoms. The molecule has 0 aromatic heterocycles. The average Bonchev–Trinajstić information content (AvgIpc) is 2.56. The Morgan fingerprint density at radius 1 is 1.00 bits per heavy atom. The van der Waals surface area contributed by atoms with Gasteiger partial charge in [0.1, 0.15) is 0 Å². The van der Waals surface area contributed by atoms with E-state index in [1.807, 2.05) is 4.90 Å². The van der Waals surface area contributed by atoms with E-state index >= 15 is 0 Å². The molecule has 0 bridgehead atoms. The number of rotatable bonds is 13. The summed E-state index contributed by atoms with van der Waals surface area (Å²) in [6.45, 7) is 11.4. The minimum Gasteiger partial charge on any atom is -0.379 e. The minimum atomic E-state index is 0.215. The van der Waals surface area contributed by atoms with Gasteiger partial charge in [0.2, 0.25) is 5.91 Å². The zero-order valence-electron chi connectivity index (χ0n) is 14.8. The predicted molar refractivity (Wildman–Crippen MR) is 90.6 cm³/mol. The summed E-state index contributed by atoms with van der Waals surface area (Å²) in [6.07, 6.45) is 2.72. The summed E-state index contributed by atoms with van der Waals surface area (Å²) in [7, 11) is 0. The van der Waals surface area contributed by atoms with E-state index in [9.17, 15) is 4.79 Å². The molecule has 0 spiro atoms. The molecule has 1 N–H and O–H groups in total. The molecule has 1 amide bonds. The number of ether oxygens (including phenoxy) is 3. The Labute approximate surface area is 140 Å². The van der Waals surface area contributed by atoms with Gasteiger partial charge in [0.05, 0.1) is 46.1 Å². The van der Waals surface area contributed by atoms with Crippen molar-refractivity contribution in [3.05, 3.63) is 0 Å². The Bertz CT molecular complexity index is 294. The van der Waals surface area contributed by atoms with Gasteiger partial charge < -0.3 is 24.4 Å². The van der Waals surface area contributed by atoms with Gasteiger partial charge in [-0.1, -0.05) is 13.8 Å². The lowest BCUT2D eigenvalue weighted by molar-refractivity contribution is -0.133. The lowest BCUT2D eigenvalue weighted by atomic mass is 9.99. The van der Waals surface area contributed by atoms with Crippen LogP contribution in [0.1, 0.15) is 33.1 Å². The van der Waals surface area contributed by atoms with Crippen LogP contribution in [0.25, 0.3) is 0 Å². The van der Waals surface area contributed by atoms with Gasteiger partial charge in [-0.3, -0.25) is 4.79 Å². The van der Waals surface area contributed by atoms with Gasteiger partial charge in [-0.15, -0.1) is 0 Å². The number of likely N-dealkylation sites (tertiary alicyclic amines) is 1. The number of hydrogen-bond donors (Lipinski definition) is 1. The lowest BCUT2D eigenvalue weighted by Gasteiger charge is -2.30. The first-order valence-electron chi connectivity index (χ1n) is 8.95. The fourth-order valence-electron chi connectivity index (χ4n) is 2.44. The second kappa shape index (κ2) is 13.7. The highest BCUT2D eigenvalue weighted by atomic mass is 16.5. The molecule has 1 saturated heterocycles. The first kappa shape index (κ1) is 20.4. The maximum Gasteiger partial charge on any atom is 0.224 e. The third-order valence-electron chi connectivity index (χ3n) is 4.01. The van der Waals surface area contributed by atoms with E-state index in [4.69, 9.17) is 14.2 Å². The lowest BCUT2D eigenvalue weighted by Crippen LogP contribution is -2.38. The van der Waals surface area contributed by atoms with E-state index in [2.05, 4.69) is 19.2 Å². The number of piperidine rings is 1. The molecule has 6 heteroatoms. The second-order valence-corrected chi connectivity index (χ2v) is 6.00. The van der Waals surface area contributed by atoms with Gasteiger partial charge >= 0.3 is 0 Å². The van der Waals surface area contributed by atoms with Crippen molar-refractivity contribution in [2.24, 2.45) is 5.92 Å². The van der Waals surface area contributed by atoms with Crippen molar-refractivity contribution < 1.29 is 19.0 Å². The molecule has 0 aliphatic carbocycles. The summed E-state index contributed by atoms with van der Waals surface area (Å²) in [5, 5.41) is 3.19. The number of likely N-dealkylation sites (N-methyl/N-ethyl adjacent to an activating group) is 1. The van der Waals surface area contributed by atoms with E-state index in [1.54, 1.807) is 0 Å². The smallest absolute Gasteiger partial charge is 0.224 e. The number of hydrogen-bond acceptors (Lipinski definition) is 5. The molecule has 136 valence electrons. The molecule has 1 rings (SSSR count). The molecule has 6 nitrogen and oxygen atoms in total. The highest BCUT2D eigenvalue weighted by Crippen LogP contribution is 2.16. The zero-order chi connectivity index (χ0) is 16.8. The first-order valence-corrected chi connectivity index (χ1v) is 8.95. The van der Waals surface area contributed by atoms with E-state index in [1.165, 1.54) is 0 Å². The van der Waals surface area contributed by atoms with Crippen molar-refractivity contribution >= 4 is 5.91 Å². The highest BCUT2D eigenvalue weighted by molar-refractivity contribution is 5.76. The van der Waals surface area contributed by atoms with Crippen LogP contribution in [0.3, 0.4) is 0 Å². The van der Waals surface area contributed by atoms with Crippen LogP contribution in [0.4, 0.5) is 0 Å². The van der Waals surface area contributed by atoms with Gasteiger partial charge in [0.15, 0.2) is 0 Å². The quantitative estimate of drug-likeness (QED) is 0.516. The summed E-state index contributed by atoms with van der Waals surface area (Å²) in [5.74, 6) is 0.964. The topological polar surface area (TPSA) is 60.0 Å². The predicted octanol–water partition coefficient (Wildman–Crippen LogP) is 1.29. The van der Waals surface area contributed by atoms with Crippen molar-refractivity contribution in [2.75, 3.05) is 65.8 Å². The molecule has 0 aromatic carbocycles. The van der Waals surface area contributed by atoms with Crippen LogP contribution in [0, 0.1) is 5.92 Å². The zero-order valence-corrected chi connectivity index (χ0v) is 14.8. The van der Waals surface area contributed by atoms with Gasteiger partial charge in [-0.2, -0.15) is 0 Å². The Kier molecular flexibility index (Phi) is 12.1. The van der Waals surface area contributed by atoms with Crippen molar-refractivity contribution in [2.45, 2.75) is 33.1 Å². The average molecular weight is 330 g/mol. The molecule has 1 aliphatic rings. The number of nitrogens with zero attached hydrogens (tertiary/aromatic N) is 1. The van der Waals surface area contributed by atoms with Gasteiger partial charge in [0, 0.05) is 19.6 Å². The molecule has 0 aromatic rings. The molecule has 0 unspecified atom stereocenters. The summed E-state index contributed by atoms with van der Waals surface area (Å²) < 4.78 is 16.3. The highest BCUT2D eigenvalue weighted by Gasteiger charge is 2.19. The van der Waals surface area contributed by atoms with Crippen molar-refractivity contribution in [1.29, 1.82) is 0 Å². The van der Waals surface area contributed by atoms with Crippen LogP contribution in [-0.4, -0.2) is 76.6 Å². The monoisotopic (exact) mass is 330 g/mol. The summed E-state index contributed by atoms with van der Waals surface area (Å²) in [6, 6.07) is 0. The van der Waals surface area contributed by atoms with E-state index in [0.717, 1.165) is 44.9 Å². The number of carbonyl (C=O) groups excluding carboxylic acids is 1. The first-order chi connectivity index (χ1) is 11.2. The fourth-order valence-corrected chi connectivity index (χ4v) is 2.44. The third-order valence-corrected chi connectivity index (χ3v) is 4.01. The van der Waals surface area contributed by atoms with Gasteiger partial charge in [0.25, 0.3) is 0 Å². The molecular weight excluding hydrogens is 296 g/mol. The SMILES string of the molecule is CCNCCOCCOCCOCCC(=O)N1CCC(C)CC1. The van der Waals surface area contributed by atoms with Crippen molar-refractivity contribution in [1.82, 2.24) is 10.2 Å². The number of carbonyl (C=O) groups is 1. The second-order valence-electron chi connectivity index (χ2n) is 6.00. The Morgan fingerprint density at radius 2 is 1.57 bits per heavy atom. The number of amides is 1. The Balaban J connectivity index is 1.81. The summed E-state index contributed by atoms with van der Waals surface area (Å²) in [5.41, 5.74) is 0. The van der Waals surface area contributed by atoms with Crippen LogP contribution in [0.2, 0.25) is 0 Å². The molecule has 0 atom stereocenters. The molecule has 1 heterocycles. The summed E-state index contributed by atoms with van der Waals surface area (Å²) in [4.78, 5) is 13.9. The molecule has 0 saturated carbocycles. The van der Waals surface area contributed by atoms with Crippen LogP contribution in [0.15, 0.2) is 0 Å². The van der Waals surface area contributed by atoms with E-state index in [-0.39, 0.29) is 5.91 Å². The van der Waals surface area contributed by atoms with Gasteiger partial charge in [-0.05, 0) is 25.3 Å². The molecule has 0 radical (unpaired) electrons. The maximum absolute atomic E-state index is 12.0. The van der Waals surface area contributed by atoms with Gasteiger partial charge in [-0.25, -0.2) is 0 Å². The Morgan fingerprint density at radius 3 is 2.17 bits per heavy atom. The fraction of sp³-hybridized carbons (Fsp3) is 0.941. The van der Waals surface area contributed by atoms with Crippen molar-refractivity contribution in [3.8, 4) is 0 Å². The van der Waals surface area contributed by atoms with Crippen LogP contribution in [-0.2, 0) is 19.0 Å².